The molecule has 0 aliphatic carbocycles. The molecule has 1 heterocycles. The summed E-state index contributed by atoms with van der Waals surface area (Å²) in [4.78, 5) is 24.7. The molecule has 6 heteroatoms. The molecule has 1 saturated heterocycles. The largest absolute Gasteiger partial charge is 0.504 e. The zero-order chi connectivity index (χ0) is 14.2. The SMILES string of the molecule is CC1C(C(=O)O)CCN1C(=O)c1cccc(O)c1O. The molecule has 0 bridgehead atoms. The molecule has 102 valence electrons. The molecule has 1 fully saturated rings. The first-order chi connectivity index (χ1) is 8.93. The van der Waals surface area contributed by atoms with Gasteiger partial charge in [-0.1, -0.05) is 6.07 Å². The number of aliphatic carboxylic acids is 1. The number of benzene rings is 1. The number of amides is 1. The van der Waals surface area contributed by atoms with E-state index in [-0.39, 0.29) is 11.3 Å². The average molecular weight is 265 g/mol. The van der Waals surface area contributed by atoms with Crippen molar-refractivity contribution in [3.05, 3.63) is 23.8 Å². The summed E-state index contributed by atoms with van der Waals surface area (Å²) in [7, 11) is 0. The molecule has 1 aliphatic rings. The molecule has 3 N–H and O–H groups in total. The number of aromatic hydroxyl groups is 2. The van der Waals surface area contributed by atoms with Crippen molar-refractivity contribution < 1.29 is 24.9 Å². The molecule has 2 unspecified atom stereocenters. The number of hydrogen-bond acceptors (Lipinski definition) is 4. The maximum absolute atomic E-state index is 12.3. The Morgan fingerprint density at radius 3 is 2.58 bits per heavy atom. The minimum atomic E-state index is -0.928. The van der Waals surface area contributed by atoms with E-state index in [9.17, 15) is 19.8 Å². The first-order valence-electron chi connectivity index (χ1n) is 5.98. The first kappa shape index (κ1) is 13.2. The first-order valence-corrected chi connectivity index (χ1v) is 5.98. The summed E-state index contributed by atoms with van der Waals surface area (Å²) < 4.78 is 0. The predicted molar refractivity (Wildman–Crippen MR) is 66.0 cm³/mol. The number of carboxylic acids is 1. The van der Waals surface area contributed by atoms with Gasteiger partial charge in [-0.15, -0.1) is 0 Å². The van der Waals surface area contributed by atoms with Crippen LogP contribution in [-0.2, 0) is 4.79 Å². The highest BCUT2D eigenvalue weighted by Gasteiger charge is 2.39. The third-order valence-electron chi connectivity index (χ3n) is 3.58. The van der Waals surface area contributed by atoms with Crippen molar-refractivity contribution in [2.75, 3.05) is 6.54 Å². The third-order valence-corrected chi connectivity index (χ3v) is 3.58. The van der Waals surface area contributed by atoms with Crippen molar-refractivity contribution in [1.82, 2.24) is 4.90 Å². The molecule has 1 aromatic carbocycles. The summed E-state index contributed by atoms with van der Waals surface area (Å²) >= 11 is 0. The van der Waals surface area contributed by atoms with Gasteiger partial charge in [-0.25, -0.2) is 0 Å². The summed E-state index contributed by atoms with van der Waals surface area (Å²) in [5, 5.41) is 28.1. The molecular formula is C13H15NO5. The molecule has 0 aromatic heterocycles. The number of rotatable bonds is 2. The number of carboxylic acid groups (broad SMARTS) is 1. The minimum absolute atomic E-state index is 0.0158. The minimum Gasteiger partial charge on any atom is -0.504 e. The Kier molecular flexibility index (Phi) is 3.33. The number of likely N-dealkylation sites (tertiary alicyclic amines) is 1. The van der Waals surface area contributed by atoms with Crippen LogP contribution in [0.15, 0.2) is 18.2 Å². The van der Waals surface area contributed by atoms with Crippen molar-refractivity contribution in [3.8, 4) is 11.5 Å². The van der Waals surface area contributed by atoms with Crippen LogP contribution in [0, 0.1) is 5.92 Å². The number of hydrogen-bond donors (Lipinski definition) is 3. The van der Waals surface area contributed by atoms with E-state index in [1.54, 1.807) is 6.92 Å². The molecule has 1 amide bonds. The van der Waals surface area contributed by atoms with E-state index in [1.165, 1.54) is 23.1 Å². The third kappa shape index (κ3) is 2.21. The highest BCUT2D eigenvalue weighted by Crippen LogP contribution is 2.32. The van der Waals surface area contributed by atoms with Crippen LogP contribution < -0.4 is 0 Å². The summed E-state index contributed by atoms with van der Waals surface area (Å²) in [6, 6.07) is 3.70. The number of phenols is 2. The maximum Gasteiger partial charge on any atom is 0.308 e. The second-order valence-corrected chi connectivity index (χ2v) is 4.65. The van der Waals surface area contributed by atoms with E-state index in [4.69, 9.17) is 5.11 Å². The van der Waals surface area contributed by atoms with Gasteiger partial charge in [0.05, 0.1) is 11.5 Å². The summed E-state index contributed by atoms with van der Waals surface area (Å²) in [6.07, 6.45) is 0.391. The van der Waals surface area contributed by atoms with E-state index < -0.39 is 29.6 Å². The summed E-state index contributed by atoms with van der Waals surface area (Å²) in [6.45, 7) is 2.00. The molecule has 19 heavy (non-hydrogen) atoms. The second kappa shape index (κ2) is 4.79. The molecule has 6 nitrogen and oxygen atoms in total. The van der Waals surface area contributed by atoms with Gasteiger partial charge >= 0.3 is 5.97 Å². The Labute approximate surface area is 109 Å². The van der Waals surface area contributed by atoms with Crippen molar-refractivity contribution in [2.24, 2.45) is 5.92 Å². The number of phenolic OH excluding ortho intramolecular Hbond substituents is 2. The van der Waals surface area contributed by atoms with Gasteiger partial charge in [-0.2, -0.15) is 0 Å². The number of nitrogens with zero attached hydrogens (tertiary/aromatic N) is 1. The van der Waals surface area contributed by atoms with Crippen LogP contribution in [0.3, 0.4) is 0 Å². The topological polar surface area (TPSA) is 98.1 Å². The van der Waals surface area contributed by atoms with Crippen LogP contribution in [0.1, 0.15) is 23.7 Å². The van der Waals surface area contributed by atoms with E-state index in [0.29, 0.717) is 13.0 Å². The molecule has 2 atom stereocenters. The Bertz CT molecular complexity index is 528. The van der Waals surface area contributed by atoms with Crippen molar-refractivity contribution >= 4 is 11.9 Å². The Morgan fingerprint density at radius 1 is 1.32 bits per heavy atom. The van der Waals surface area contributed by atoms with E-state index in [0.717, 1.165) is 0 Å². The highest BCUT2D eigenvalue weighted by atomic mass is 16.4. The Morgan fingerprint density at radius 2 is 2.00 bits per heavy atom. The molecule has 2 rings (SSSR count). The summed E-state index contributed by atoms with van der Waals surface area (Å²) in [5.74, 6) is -2.83. The van der Waals surface area contributed by atoms with Gasteiger partial charge in [0.15, 0.2) is 11.5 Å². The van der Waals surface area contributed by atoms with Crippen LogP contribution in [0.4, 0.5) is 0 Å². The molecule has 0 saturated carbocycles. The molecule has 0 radical (unpaired) electrons. The maximum atomic E-state index is 12.3. The van der Waals surface area contributed by atoms with Gasteiger partial charge in [-0.05, 0) is 25.5 Å². The lowest BCUT2D eigenvalue weighted by molar-refractivity contribution is -0.142. The van der Waals surface area contributed by atoms with Gasteiger partial charge in [0.25, 0.3) is 5.91 Å². The van der Waals surface area contributed by atoms with Crippen LogP contribution in [0.5, 0.6) is 11.5 Å². The lowest BCUT2D eigenvalue weighted by atomic mass is 10.0. The normalized spacial score (nSPS) is 22.5. The van der Waals surface area contributed by atoms with Crippen molar-refractivity contribution in [3.63, 3.8) is 0 Å². The van der Waals surface area contributed by atoms with E-state index in [2.05, 4.69) is 0 Å². The van der Waals surface area contributed by atoms with Gasteiger partial charge in [0, 0.05) is 12.6 Å². The van der Waals surface area contributed by atoms with Crippen LogP contribution >= 0.6 is 0 Å². The van der Waals surface area contributed by atoms with Crippen molar-refractivity contribution in [1.29, 1.82) is 0 Å². The monoisotopic (exact) mass is 265 g/mol. The smallest absolute Gasteiger partial charge is 0.308 e. The quantitative estimate of drug-likeness (QED) is 0.694. The standard InChI is InChI=1S/C13H15NO5/c1-7-8(13(18)19)5-6-14(7)12(17)9-3-2-4-10(15)11(9)16/h2-4,7-8,15-16H,5-6H2,1H3,(H,18,19). The van der Waals surface area contributed by atoms with Crippen LogP contribution in [0.25, 0.3) is 0 Å². The van der Waals surface area contributed by atoms with E-state index in [1.807, 2.05) is 0 Å². The molecular weight excluding hydrogens is 250 g/mol. The van der Waals surface area contributed by atoms with Gasteiger partial charge in [0.1, 0.15) is 0 Å². The number of carbonyl (C=O) groups excluding carboxylic acids is 1. The lowest BCUT2D eigenvalue weighted by Crippen LogP contribution is -2.37. The fraction of sp³-hybridized carbons (Fsp3) is 0.385. The summed E-state index contributed by atoms with van der Waals surface area (Å²) in [5.41, 5.74) is -0.0158. The zero-order valence-corrected chi connectivity index (χ0v) is 10.4. The lowest BCUT2D eigenvalue weighted by Gasteiger charge is -2.23. The van der Waals surface area contributed by atoms with E-state index >= 15 is 0 Å². The zero-order valence-electron chi connectivity index (χ0n) is 10.4. The number of para-hydroxylation sites is 1. The predicted octanol–water partition coefficient (Wildman–Crippen LogP) is 1.03. The highest BCUT2D eigenvalue weighted by molar-refractivity contribution is 5.98. The molecule has 1 aromatic rings. The fourth-order valence-electron chi connectivity index (χ4n) is 2.42. The fourth-order valence-corrected chi connectivity index (χ4v) is 2.42. The molecule has 1 aliphatic heterocycles. The Balaban J connectivity index is 2.26. The van der Waals surface area contributed by atoms with Crippen molar-refractivity contribution in [2.45, 2.75) is 19.4 Å². The average Bonchev–Trinajstić information content (AvgIpc) is 2.74. The van der Waals surface area contributed by atoms with Gasteiger partial charge in [-0.3, -0.25) is 9.59 Å². The van der Waals surface area contributed by atoms with Crippen LogP contribution in [0.2, 0.25) is 0 Å². The second-order valence-electron chi connectivity index (χ2n) is 4.65. The van der Waals surface area contributed by atoms with Crippen LogP contribution in [-0.4, -0.2) is 44.7 Å². The Hall–Kier alpha value is -2.24. The molecule has 0 spiro atoms. The van der Waals surface area contributed by atoms with Gasteiger partial charge < -0.3 is 20.2 Å². The number of carbonyl (C=O) groups is 2. The van der Waals surface area contributed by atoms with Gasteiger partial charge in [0.2, 0.25) is 0 Å².